The maximum atomic E-state index is 12.1. The number of benzene rings is 1. The second kappa shape index (κ2) is 7.99. The predicted molar refractivity (Wildman–Crippen MR) is 111 cm³/mol. The van der Waals surface area contributed by atoms with Gasteiger partial charge in [-0.1, -0.05) is 29.5 Å². The maximum absolute atomic E-state index is 12.1. The Morgan fingerprint density at radius 3 is 2.71 bits per heavy atom. The number of anilines is 3. The molecular formula is C19H17N5O2S2. The Morgan fingerprint density at radius 1 is 1.21 bits per heavy atom. The number of hydrogen-bond acceptors (Lipinski definition) is 7. The van der Waals surface area contributed by atoms with E-state index in [-0.39, 0.29) is 11.8 Å². The van der Waals surface area contributed by atoms with Crippen molar-refractivity contribution >= 4 is 56.5 Å². The van der Waals surface area contributed by atoms with Crippen LogP contribution in [0.25, 0.3) is 6.08 Å². The third kappa shape index (κ3) is 4.32. The van der Waals surface area contributed by atoms with E-state index in [1.165, 1.54) is 35.7 Å². The van der Waals surface area contributed by atoms with Crippen molar-refractivity contribution in [3.05, 3.63) is 52.5 Å². The normalized spacial score (nSPS) is 13.6. The lowest BCUT2D eigenvalue weighted by Crippen LogP contribution is -2.22. The van der Waals surface area contributed by atoms with Crippen LogP contribution < -0.4 is 10.2 Å². The Labute approximate surface area is 169 Å². The Hall–Kier alpha value is -2.91. The highest BCUT2D eigenvalue weighted by molar-refractivity contribution is 7.15. The molecule has 7 nitrogen and oxygen atoms in total. The molecule has 0 radical (unpaired) electrons. The predicted octanol–water partition coefficient (Wildman–Crippen LogP) is 4.21. The molecule has 1 aromatic carbocycles. The van der Waals surface area contributed by atoms with Crippen LogP contribution in [0.3, 0.4) is 0 Å². The van der Waals surface area contributed by atoms with E-state index in [9.17, 15) is 9.59 Å². The van der Waals surface area contributed by atoms with Crippen LogP contribution in [-0.2, 0) is 9.59 Å². The van der Waals surface area contributed by atoms with E-state index >= 15 is 0 Å². The van der Waals surface area contributed by atoms with Gasteiger partial charge in [0.05, 0.1) is 11.4 Å². The van der Waals surface area contributed by atoms with Crippen molar-refractivity contribution in [3.63, 3.8) is 0 Å². The van der Waals surface area contributed by atoms with Crippen molar-refractivity contribution in [2.75, 3.05) is 10.2 Å². The van der Waals surface area contributed by atoms with E-state index in [4.69, 9.17) is 0 Å². The van der Waals surface area contributed by atoms with Gasteiger partial charge in [-0.15, -0.1) is 21.5 Å². The van der Waals surface area contributed by atoms with Crippen molar-refractivity contribution in [1.82, 2.24) is 15.2 Å². The molecule has 0 aliphatic heterocycles. The number of hydrogen-bond donors (Lipinski definition) is 1. The topological polar surface area (TPSA) is 88.1 Å². The molecular weight excluding hydrogens is 394 g/mol. The molecule has 1 N–H and O–H groups in total. The van der Waals surface area contributed by atoms with Crippen LogP contribution in [0.2, 0.25) is 0 Å². The summed E-state index contributed by atoms with van der Waals surface area (Å²) in [4.78, 5) is 30.2. The zero-order valence-corrected chi connectivity index (χ0v) is 16.7. The number of aromatic nitrogens is 3. The van der Waals surface area contributed by atoms with Crippen LogP contribution in [0.5, 0.6) is 0 Å². The van der Waals surface area contributed by atoms with Crippen molar-refractivity contribution < 1.29 is 9.59 Å². The monoisotopic (exact) mass is 411 g/mol. The molecule has 0 spiro atoms. The molecule has 2 heterocycles. The average molecular weight is 412 g/mol. The molecule has 0 saturated heterocycles. The molecule has 28 heavy (non-hydrogen) atoms. The molecule has 0 atom stereocenters. The molecule has 0 unspecified atom stereocenters. The minimum Gasteiger partial charge on any atom is -0.297 e. The minimum absolute atomic E-state index is 0.128. The summed E-state index contributed by atoms with van der Waals surface area (Å²) >= 11 is 2.76. The fraction of sp³-hybridized carbons (Fsp3) is 0.211. The van der Waals surface area contributed by atoms with Crippen molar-refractivity contribution in [2.45, 2.75) is 25.7 Å². The van der Waals surface area contributed by atoms with Gasteiger partial charge < -0.3 is 0 Å². The molecule has 1 saturated carbocycles. The third-order valence-corrected chi connectivity index (χ3v) is 5.88. The highest BCUT2D eigenvalue weighted by Crippen LogP contribution is 2.42. The van der Waals surface area contributed by atoms with E-state index in [0.717, 1.165) is 23.5 Å². The van der Waals surface area contributed by atoms with Gasteiger partial charge in [-0.2, -0.15) is 0 Å². The first-order valence-electron chi connectivity index (χ1n) is 8.74. The molecule has 4 rings (SSSR count). The highest BCUT2D eigenvalue weighted by atomic mass is 32.1. The van der Waals surface area contributed by atoms with Gasteiger partial charge in [0.15, 0.2) is 5.13 Å². The van der Waals surface area contributed by atoms with Gasteiger partial charge in [0.1, 0.15) is 5.01 Å². The quantitative estimate of drug-likeness (QED) is 0.614. The molecule has 1 aliphatic carbocycles. The summed E-state index contributed by atoms with van der Waals surface area (Å²) in [6, 6.07) is 9.33. The maximum Gasteiger partial charge on any atom is 0.250 e. The van der Waals surface area contributed by atoms with E-state index < -0.39 is 0 Å². The zero-order valence-electron chi connectivity index (χ0n) is 15.0. The molecule has 1 fully saturated rings. The molecule has 1 aliphatic rings. The van der Waals surface area contributed by atoms with Crippen LogP contribution in [0.4, 0.5) is 16.0 Å². The molecule has 2 aromatic heterocycles. The summed E-state index contributed by atoms with van der Waals surface area (Å²) in [7, 11) is 0. The summed E-state index contributed by atoms with van der Waals surface area (Å²) in [5, 5.41) is 14.7. The molecule has 2 amide bonds. The number of rotatable bonds is 6. The van der Waals surface area contributed by atoms with Crippen LogP contribution in [0, 0.1) is 0 Å². The van der Waals surface area contributed by atoms with Gasteiger partial charge in [0, 0.05) is 24.3 Å². The second-order valence-electron chi connectivity index (χ2n) is 6.29. The first-order valence-corrected chi connectivity index (χ1v) is 10.4. The minimum atomic E-state index is -0.292. The number of carbonyl (C=O) groups is 2. The Kier molecular flexibility index (Phi) is 5.27. The number of carbonyl (C=O) groups excluding carboxylic acids is 2. The summed E-state index contributed by atoms with van der Waals surface area (Å²) in [5.41, 5.74) is 1.36. The van der Waals surface area contributed by atoms with Crippen molar-refractivity contribution in [3.8, 4) is 0 Å². The molecule has 9 heteroatoms. The van der Waals surface area contributed by atoms with Gasteiger partial charge in [0.25, 0.3) is 0 Å². The van der Waals surface area contributed by atoms with Crippen molar-refractivity contribution in [1.29, 1.82) is 0 Å². The average Bonchev–Trinajstić information content (AvgIpc) is 3.26. The second-order valence-corrected chi connectivity index (χ2v) is 8.13. The Balaban J connectivity index is 1.42. The van der Waals surface area contributed by atoms with E-state index in [1.807, 2.05) is 30.3 Å². The van der Waals surface area contributed by atoms with Gasteiger partial charge in [-0.25, -0.2) is 4.98 Å². The smallest absolute Gasteiger partial charge is 0.250 e. The largest absolute Gasteiger partial charge is 0.297 e. The summed E-state index contributed by atoms with van der Waals surface area (Å²) in [6.45, 7) is 1.50. The number of nitrogens with one attached hydrogen (secondary N) is 1. The van der Waals surface area contributed by atoms with Crippen LogP contribution in [-0.4, -0.2) is 27.0 Å². The Bertz CT molecular complexity index is 1020. The number of nitrogens with zero attached hydrogens (tertiary/aromatic N) is 4. The summed E-state index contributed by atoms with van der Waals surface area (Å²) < 4.78 is 0. The summed E-state index contributed by atoms with van der Waals surface area (Å²) in [5.74, 6) is 0.0945. The third-order valence-electron chi connectivity index (χ3n) is 4.03. The molecule has 142 valence electrons. The first kappa shape index (κ1) is 18.5. The lowest BCUT2D eigenvalue weighted by Gasteiger charge is -2.17. The Morgan fingerprint density at radius 2 is 2.00 bits per heavy atom. The number of para-hydroxylation sites is 1. The summed E-state index contributed by atoms with van der Waals surface area (Å²) in [6.07, 6.45) is 5.31. The first-order chi connectivity index (χ1) is 13.6. The number of amides is 2. The highest BCUT2D eigenvalue weighted by Gasteiger charge is 2.27. The van der Waals surface area contributed by atoms with Gasteiger partial charge in [-0.3, -0.25) is 19.8 Å². The van der Waals surface area contributed by atoms with E-state index in [0.29, 0.717) is 21.9 Å². The number of thiazole rings is 1. The van der Waals surface area contributed by atoms with Crippen LogP contribution >= 0.6 is 22.7 Å². The van der Waals surface area contributed by atoms with Gasteiger partial charge in [-0.05, 0) is 31.1 Å². The lowest BCUT2D eigenvalue weighted by molar-refractivity contribution is -0.116. The zero-order chi connectivity index (χ0) is 19.5. The standard InChI is InChI=1S/C19H17N5O2S2/c1-12(25)24(15-5-3-2-4-6-15)19-20-14(11-27-19)9-10-16(26)21-18-23-22-17(28-18)13-7-8-13/h2-6,9-11,13H,7-8H2,1H3,(H,21,23,26). The van der Waals surface area contributed by atoms with E-state index in [2.05, 4.69) is 20.5 Å². The lowest BCUT2D eigenvalue weighted by atomic mass is 10.3. The van der Waals surface area contributed by atoms with Crippen LogP contribution in [0.15, 0.2) is 41.8 Å². The fourth-order valence-electron chi connectivity index (χ4n) is 2.55. The molecule has 0 bridgehead atoms. The molecule has 3 aromatic rings. The van der Waals surface area contributed by atoms with Crippen LogP contribution in [0.1, 0.15) is 36.4 Å². The van der Waals surface area contributed by atoms with Gasteiger partial charge >= 0.3 is 0 Å². The fourth-order valence-corrected chi connectivity index (χ4v) is 4.32. The van der Waals surface area contributed by atoms with Gasteiger partial charge in [0.2, 0.25) is 16.9 Å². The van der Waals surface area contributed by atoms with Crippen molar-refractivity contribution in [2.24, 2.45) is 0 Å². The SMILES string of the molecule is CC(=O)N(c1ccccc1)c1nc(C=CC(=O)Nc2nnc(C3CC3)s2)cs1. The van der Waals surface area contributed by atoms with E-state index in [1.54, 1.807) is 16.4 Å².